The third kappa shape index (κ3) is 5.93. The molecule has 1 fully saturated rings. The number of thioether (sulfide) groups is 1. The summed E-state index contributed by atoms with van der Waals surface area (Å²) in [5.41, 5.74) is 1.24. The normalized spacial score (nSPS) is 14.6. The maximum absolute atomic E-state index is 13.3. The summed E-state index contributed by atoms with van der Waals surface area (Å²) >= 11 is 8.16. The lowest BCUT2D eigenvalue weighted by Crippen LogP contribution is -2.41. The van der Waals surface area contributed by atoms with Gasteiger partial charge in [0.25, 0.3) is 10.0 Å². The number of amides is 1. The average Bonchev–Trinajstić information content (AvgIpc) is 3.24. The standard InChI is InChI=1S/C22H27ClN2O3S2/c1-17-10-12-19(13-11-17)30(27,28)25(21-9-5-4-8-20(21)23)16-22(26)24-14-15-29-18-6-2-3-7-18/h4-5,8-13,18H,2-3,6-7,14-16H2,1H3,(H,24,26). The lowest BCUT2D eigenvalue weighted by atomic mass is 10.2. The molecule has 8 heteroatoms. The van der Waals surface area contributed by atoms with Gasteiger partial charge in [0, 0.05) is 17.5 Å². The summed E-state index contributed by atoms with van der Waals surface area (Å²) in [4.78, 5) is 12.7. The fraction of sp³-hybridized carbons (Fsp3) is 0.409. The van der Waals surface area contributed by atoms with Crippen LogP contribution in [0, 0.1) is 6.92 Å². The Bertz CT molecular complexity index is 959. The molecule has 0 saturated heterocycles. The van der Waals surface area contributed by atoms with Crippen LogP contribution in [0.15, 0.2) is 53.4 Å². The van der Waals surface area contributed by atoms with E-state index in [1.54, 1.807) is 48.5 Å². The molecule has 0 radical (unpaired) electrons. The van der Waals surface area contributed by atoms with E-state index in [9.17, 15) is 13.2 Å². The molecule has 162 valence electrons. The second-order valence-electron chi connectivity index (χ2n) is 7.40. The van der Waals surface area contributed by atoms with Gasteiger partial charge in [-0.3, -0.25) is 9.10 Å². The van der Waals surface area contributed by atoms with Crippen LogP contribution >= 0.6 is 23.4 Å². The number of rotatable bonds is 9. The first kappa shape index (κ1) is 23.0. The minimum Gasteiger partial charge on any atom is -0.354 e. The Hall–Kier alpha value is -1.70. The van der Waals surface area contributed by atoms with Crippen molar-refractivity contribution in [2.45, 2.75) is 42.8 Å². The van der Waals surface area contributed by atoms with Crippen LogP contribution in [0.1, 0.15) is 31.2 Å². The Morgan fingerprint density at radius 3 is 2.47 bits per heavy atom. The molecule has 0 heterocycles. The second kappa shape index (κ2) is 10.6. The van der Waals surface area contributed by atoms with E-state index in [1.807, 2.05) is 18.7 Å². The quantitative estimate of drug-likeness (QED) is 0.547. The molecule has 1 saturated carbocycles. The van der Waals surface area contributed by atoms with Gasteiger partial charge >= 0.3 is 0 Å². The smallest absolute Gasteiger partial charge is 0.264 e. The van der Waals surface area contributed by atoms with Crippen LogP contribution in [0.25, 0.3) is 0 Å². The van der Waals surface area contributed by atoms with Gasteiger partial charge in [0.15, 0.2) is 0 Å². The SMILES string of the molecule is Cc1ccc(S(=O)(=O)N(CC(=O)NCCSC2CCCC2)c2ccccc2Cl)cc1. The third-order valence-electron chi connectivity index (χ3n) is 5.10. The van der Waals surface area contributed by atoms with E-state index in [1.165, 1.54) is 25.7 Å². The van der Waals surface area contributed by atoms with Crippen LogP contribution in [-0.2, 0) is 14.8 Å². The molecule has 5 nitrogen and oxygen atoms in total. The number of nitrogens with zero attached hydrogens (tertiary/aromatic N) is 1. The number of halogens is 1. The highest BCUT2D eigenvalue weighted by molar-refractivity contribution is 7.99. The minimum absolute atomic E-state index is 0.123. The van der Waals surface area contributed by atoms with Crippen molar-refractivity contribution in [2.75, 3.05) is 23.1 Å². The predicted molar refractivity (Wildman–Crippen MR) is 125 cm³/mol. The first-order chi connectivity index (χ1) is 14.4. The van der Waals surface area contributed by atoms with Gasteiger partial charge in [-0.2, -0.15) is 11.8 Å². The first-order valence-corrected chi connectivity index (χ1v) is 13.0. The van der Waals surface area contributed by atoms with Crippen molar-refractivity contribution in [1.82, 2.24) is 5.32 Å². The number of carbonyl (C=O) groups is 1. The first-order valence-electron chi connectivity index (χ1n) is 10.1. The van der Waals surface area contributed by atoms with Crippen molar-refractivity contribution in [2.24, 2.45) is 0 Å². The van der Waals surface area contributed by atoms with Gasteiger partial charge in [0.2, 0.25) is 5.91 Å². The molecular formula is C22H27ClN2O3S2. The second-order valence-corrected chi connectivity index (χ2v) is 11.1. The fourth-order valence-electron chi connectivity index (χ4n) is 3.45. The van der Waals surface area contributed by atoms with E-state index in [4.69, 9.17) is 11.6 Å². The number of benzene rings is 2. The summed E-state index contributed by atoms with van der Waals surface area (Å²) in [5, 5.41) is 3.81. The van der Waals surface area contributed by atoms with Crippen LogP contribution in [0.2, 0.25) is 5.02 Å². The minimum atomic E-state index is -3.95. The van der Waals surface area contributed by atoms with Crippen LogP contribution in [0.3, 0.4) is 0 Å². The molecule has 0 bridgehead atoms. The van der Waals surface area contributed by atoms with Gasteiger partial charge in [-0.05, 0) is 44.0 Å². The summed E-state index contributed by atoms with van der Waals surface area (Å²) in [5.74, 6) is 0.477. The molecule has 0 unspecified atom stereocenters. The molecule has 1 aliphatic rings. The molecule has 2 aromatic carbocycles. The van der Waals surface area contributed by atoms with Crippen molar-refractivity contribution in [3.63, 3.8) is 0 Å². The van der Waals surface area contributed by atoms with Crippen molar-refractivity contribution in [1.29, 1.82) is 0 Å². The lowest BCUT2D eigenvalue weighted by molar-refractivity contribution is -0.119. The zero-order valence-electron chi connectivity index (χ0n) is 17.0. The Morgan fingerprint density at radius 2 is 1.80 bits per heavy atom. The summed E-state index contributed by atoms with van der Waals surface area (Å²) in [6, 6.07) is 13.2. The van der Waals surface area contributed by atoms with Crippen molar-refractivity contribution in [3.05, 3.63) is 59.1 Å². The topological polar surface area (TPSA) is 66.5 Å². The van der Waals surface area contributed by atoms with Crippen LogP contribution in [-0.4, -0.2) is 38.4 Å². The Kier molecular flexibility index (Phi) is 8.08. The predicted octanol–water partition coefficient (Wildman–Crippen LogP) is 4.64. The van der Waals surface area contributed by atoms with Crippen LogP contribution in [0.4, 0.5) is 5.69 Å². The number of para-hydroxylation sites is 1. The van der Waals surface area contributed by atoms with E-state index < -0.39 is 10.0 Å². The molecular weight excluding hydrogens is 440 g/mol. The van der Waals surface area contributed by atoms with Crippen LogP contribution in [0.5, 0.6) is 0 Å². The van der Waals surface area contributed by atoms with E-state index >= 15 is 0 Å². The van der Waals surface area contributed by atoms with Gasteiger partial charge in [-0.25, -0.2) is 8.42 Å². The zero-order chi connectivity index (χ0) is 21.6. The lowest BCUT2D eigenvalue weighted by Gasteiger charge is -2.25. The van der Waals surface area contributed by atoms with E-state index in [-0.39, 0.29) is 28.1 Å². The zero-order valence-corrected chi connectivity index (χ0v) is 19.4. The molecule has 0 spiro atoms. The molecule has 0 atom stereocenters. The molecule has 1 amide bonds. The van der Waals surface area contributed by atoms with Gasteiger partial charge in [-0.1, -0.05) is 54.3 Å². The van der Waals surface area contributed by atoms with E-state index in [2.05, 4.69) is 5.32 Å². The number of sulfonamides is 1. The Morgan fingerprint density at radius 1 is 1.13 bits per heavy atom. The molecule has 0 aliphatic heterocycles. The van der Waals surface area contributed by atoms with Gasteiger partial charge in [0.05, 0.1) is 15.6 Å². The number of hydrogen-bond acceptors (Lipinski definition) is 4. The molecule has 1 aliphatic carbocycles. The molecule has 1 N–H and O–H groups in total. The Balaban J connectivity index is 1.72. The summed E-state index contributed by atoms with van der Waals surface area (Å²) in [6.07, 6.45) is 5.06. The summed E-state index contributed by atoms with van der Waals surface area (Å²) in [7, 11) is -3.95. The maximum Gasteiger partial charge on any atom is 0.264 e. The van der Waals surface area contributed by atoms with Gasteiger partial charge in [0.1, 0.15) is 6.54 Å². The number of hydrogen-bond donors (Lipinski definition) is 1. The maximum atomic E-state index is 13.3. The summed E-state index contributed by atoms with van der Waals surface area (Å²) < 4.78 is 27.7. The highest BCUT2D eigenvalue weighted by Crippen LogP contribution is 2.31. The largest absolute Gasteiger partial charge is 0.354 e. The van der Waals surface area contributed by atoms with Crippen molar-refractivity contribution >= 4 is 45.0 Å². The number of nitrogens with one attached hydrogen (secondary N) is 1. The van der Waals surface area contributed by atoms with E-state index in [0.717, 1.165) is 15.6 Å². The summed E-state index contributed by atoms with van der Waals surface area (Å²) in [6.45, 7) is 2.08. The highest BCUT2D eigenvalue weighted by atomic mass is 35.5. The number of carbonyl (C=O) groups excluding carboxylic acids is 1. The average molecular weight is 467 g/mol. The van der Waals surface area contributed by atoms with Gasteiger partial charge < -0.3 is 5.32 Å². The van der Waals surface area contributed by atoms with Gasteiger partial charge in [-0.15, -0.1) is 0 Å². The Labute approximate surface area is 188 Å². The third-order valence-corrected chi connectivity index (χ3v) is 8.57. The molecule has 0 aromatic heterocycles. The molecule has 2 aromatic rings. The highest BCUT2D eigenvalue weighted by Gasteiger charge is 2.28. The number of anilines is 1. The fourth-order valence-corrected chi connectivity index (χ4v) is 6.40. The van der Waals surface area contributed by atoms with Crippen LogP contribution < -0.4 is 9.62 Å². The molecule has 3 rings (SSSR count). The monoisotopic (exact) mass is 466 g/mol. The van der Waals surface area contributed by atoms with Crippen molar-refractivity contribution < 1.29 is 13.2 Å². The van der Waals surface area contributed by atoms with Crippen molar-refractivity contribution in [3.8, 4) is 0 Å². The van der Waals surface area contributed by atoms with E-state index in [0.29, 0.717) is 11.8 Å². The number of aryl methyl sites for hydroxylation is 1. The molecule has 30 heavy (non-hydrogen) atoms.